The van der Waals surface area contributed by atoms with Gasteiger partial charge in [-0.05, 0) is 42.7 Å². The number of methoxy groups -OCH3 is 2. The van der Waals surface area contributed by atoms with Crippen LogP contribution in [0.25, 0.3) is 0 Å². The lowest BCUT2D eigenvalue weighted by atomic mass is 10.0. The van der Waals surface area contributed by atoms with Gasteiger partial charge in [-0.3, -0.25) is 9.59 Å². The van der Waals surface area contributed by atoms with E-state index in [0.29, 0.717) is 54.5 Å². The lowest BCUT2D eigenvalue weighted by Gasteiger charge is -2.31. The van der Waals surface area contributed by atoms with Crippen LogP contribution in [-0.4, -0.2) is 37.0 Å². The molecule has 2 heterocycles. The summed E-state index contributed by atoms with van der Waals surface area (Å²) >= 11 is 0. The van der Waals surface area contributed by atoms with Crippen molar-refractivity contribution in [2.45, 2.75) is 32.0 Å². The van der Waals surface area contributed by atoms with Crippen molar-refractivity contribution >= 4 is 11.8 Å². The van der Waals surface area contributed by atoms with E-state index in [2.05, 4.69) is 11.9 Å². The molecule has 2 aromatic rings. The molecule has 156 valence electrons. The number of allylic oxidation sites excluding steroid dienone is 1. The molecule has 0 bridgehead atoms. The van der Waals surface area contributed by atoms with Crippen molar-refractivity contribution in [3.8, 4) is 17.2 Å². The number of fused-ring (bicyclic) bond motifs is 1. The summed E-state index contributed by atoms with van der Waals surface area (Å²) in [5, 5.41) is 2.75. The molecule has 2 amide bonds. The smallest absolute Gasteiger partial charge is 0.255 e. The highest BCUT2D eigenvalue weighted by Crippen LogP contribution is 2.35. The Morgan fingerprint density at radius 2 is 1.90 bits per heavy atom. The van der Waals surface area contributed by atoms with Crippen LogP contribution in [-0.2, 0) is 17.9 Å². The third kappa shape index (κ3) is 3.58. The number of carbonyl (C=O) groups is 2. The Morgan fingerprint density at radius 1 is 1.10 bits per heavy atom. The fraction of sp³-hybridized carbons (Fsp3) is 0.304. The zero-order valence-corrected chi connectivity index (χ0v) is 17.1. The molecule has 0 aromatic heterocycles. The van der Waals surface area contributed by atoms with Crippen LogP contribution < -0.4 is 19.5 Å². The highest BCUT2D eigenvalue weighted by atomic mass is 16.5. The van der Waals surface area contributed by atoms with E-state index in [1.54, 1.807) is 31.3 Å². The molecule has 1 atom stereocenters. The number of hydrogen-bond acceptors (Lipinski definition) is 5. The number of ether oxygens (including phenoxy) is 3. The third-order valence-corrected chi connectivity index (χ3v) is 5.49. The van der Waals surface area contributed by atoms with Crippen molar-refractivity contribution in [2.75, 3.05) is 14.2 Å². The molecule has 0 radical (unpaired) electrons. The molecule has 30 heavy (non-hydrogen) atoms. The highest BCUT2D eigenvalue weighted by Gasteiger charge is 2.39. The Morgan fingerprint density at radius 3 is 2.63 bits per heavy atom. The SMILES string of the molecule is C=C1CCC(N2Cc3c(OCc4ccc(OC)c(OC)c4)cccc3C2=O)C(=O)N1. The second-order valence-corrected chi connectivity index (χ2v) is 7.34. The lowest BCUT2D eigenvalue weighted by molar-refractivity contribution is -0.126. The fourth-order valence-electron chi connectivity index (χ4n) is 3.90. The zero-order valence-electron chi connectivity index (χ0n) is 17.1. The van der Waals surface area contributed by atoms with Crippen LogP contribution in [0.15, 0.2) is 48.7 Å². The number of rotatable bonds is 6. The molecule has 7 nitrogen and oxygen atoms in total. The number of nitrogens with one attached hydrogen (secondary N) is 1. The minimum absolute atomic E-state index is 0.144. The molecule has 1 saturated heterocycles. The quantitative estimate of drug-likeness (QED) is 0.795. The molecule has 0 aliphatic carbocycles. The summed E-state index contributed by atoms with van der Waals surface area (Å²) in [5.41, 5.74) is 2.99. The first-order chi connectivity index (χ1) is 14.5. The summed E-state index contributed by atoms with van der Waals surface area (Å²) < 4.78 is 16.6. The molecule has 2 aliphatic heterocycles. The standard InChI is InChI=1S/C23H24N2O5/c1-14-7-9-18(22(26)24-14)25-12-17-16(23(25)27)5-4-6-19(17)30-13-15-8-10-20(28-2)21(11-15)29-3/h4-6,8,10-11,18H,1,7,9,12-13H2,2-3H3,(H,24,26). The second-order valence-electron chi connectivity index (χ2n) is 7.34. The van der Waals surface area contributed by atoms with Gasteiger partial charge in [0.05, 0.1) is 20.8 Å². The highest BCUT2D eigenvalue weighted by molar-refractivity contribution is 6.02. The molecule has 1 unspecified atom stereocenters. The van der Waals surface area contributed by atoms with E-state index in [-0.39, 0.29) is 11.8 Å². The van der Waals surface area contributed by atoms with Gasteiger partial charge in [-0.25, -0.2) is 0 Å². The molecule has 2 aromatic carbocycles. The van der Waals surface area contributed by atoms with Crippen LogP contribution in [0.4, 0.5) is 0 Å². The average molecular weight is 408 g/mol. The second kappa shape index (κ2) is 8.10. The fourth-order valence-corrected chi connectivity index (χ4v) is 3.90. The van der Waals surface area contributed by atoms with Gasteiger partial charge in [0.15, 0.2) is 11.5 Å². The van der Waals surface area contributed by atoms with Gasteiger partial charge >= 0.3 is 0 Å². The predicted molar refractivity (Wildman–Crippen MR) is 110 cm³/mol. The van der Waals surface area contributed by atoms with E-state index < -0.39 is 6.04 Å². The first-order valence-electron chi connectivity index (χ1n) is 9.77. The van der Waals surface area contributed by atoms with Crippen molar-refractivity contribution in [3.63, 3.8) is 0 Å². The topological polar surface area (TPSA) is 77.1 Å². The number of amides is 2. The van der Waals surface area contributed by atoms with Crippen molar-refractivity contribution in [1.29, 1.82) is 0 Å². The first-order valence-corrected chi connectivity index (χ1v) is 9.77. The Balaban J connectivity index is 1.52. The number of carbonyl (C=O) groups excluding carboxylic acids is 2. The van der Waals surface area contributed by atoms with Crippen LogP contribution in [0.2, 0.25) is 0 Å². The largest absolute Gasteiger partial charge is 0.493 e. The molecule has 0 saturated carbocycles. The summed E-state index contributed by atoms with van der Waals surface area (Å²) in [7, 11) is 3.18. The zero-order chi connectivity index (χ0) is 21.3. The Labute approximate surface area is 175 Å². The molecular formula is C23H24N2O5. The molecule has 2 aliphatic rings. The van der Waals surface area contributed by atoms with E-state index >= 15 is 0 Å². The number of hydrogen-bond donors (Lipinski definition) is 1. The summed E-state index contributed by atoms with van der Waals surface area (Å²) in [4.78, 5) is 26.9. The molecule has 1 N–H and O–H groups in total. The van der Waals surface area contributed by atoms with Gasteiger partial charge in [0, 0.05) is 16.8 Å². The van der Waals surface area contributed by atoms with Gasteiger partial charge in [-0.2, -0.15) is 0 Å². The maximum absolute atomic E-state index is 12.9. The lowest BCUT2D eigenvalue weighted by Crippen LogP contribution is -2.49. The summed E-state index contributed by atoms with van der Waals surface area (Å²) in [6, 6.07) is 10.5. The van der Waals surface area contributed by atoms with Gasteiger partial charge < -0.3 is 24.4 Å². The number of piperidine rings is 1. The molecule has 1 fully saturated rings. The van der Waals surface area contributed by atoms with E-state index in [4.69, 9.17) is 14.2 Å². The van der Waals surface area contributed by atoms with Crippen LogP contribution in [0, 0.1) is 0 Å². The van der Waals surface area contributed by atoms with Crippen molar-refractivity contribution in [1.82, 2.24) is 10.2 Å². The normalized spacial score (nSPS) is 18.1. The van der Waals surface area contributed by atoms with Crippen molar-refractivity contribution < 1.29 is 23.8 Å². The Hall–Kier alpha value is -3.48. The van der Waals surface area contributed by atoms with Crippen molar-refractivity contribution in [3.05, 3.63) is 65.4 Å². The van der Waals surface area contributed by atoms with E-state index in [1.165, 1.54) is 0 Å². The summed E-state index contributed by atoms with van der Waals surface area (Å²) in [5.74, 6) is 1.59. The third-order valence-electron chi connectivity index (χ3n) is 5.49. The Bertz CT molecular complexity index is 1020. The number of nitrogens with zero attached hydrogens (tertiary/aromatic N) is 1. The van der Waals surface area contributed by atoms with E-state index in [9.17, 15) is 9.59 Å². The van der Waals surface area contributed by atoms with Gasteiger partial charge in [0.25, 0.3) is 5.91 Å². The Kier molecular flexibility index (Phi) is 5.35. The monoisotopic (exact) mass is 408 g/mol. The predicted octanol–water partition coefficient (Wildman–Crippen LogP) is 3.03. The maximum atomic E-state index is 12.9. The van der Waals surface area contributed by atoms with Gasteiger partial charge in [-0.15, -0.1) is 0 Å². The molecule has 7 heteroatoms. The summed E-state index contributed by atoms with van der Waals surface area (Å²) in [6.45, 7) is 4.46. The van der Waals surface area contributed by atoms with E-state index in [1.807, 2.05) is 24.3 Å². The maximum Gasteiger partial charge on any atom is 0.255 e. The minimum atomic E-state index is -0.492. The molecular weight excluding hydrogens is 384 g/mol. The molecule has 0 spiro atoms. The molecule has 4 rings (SSSR count). The van der Waals surface area contributed by atoms with Crippen LogP contribution >= 0.6 is 0 Å². The van der Waals surface area contributed by atoms with E-state index in [0.717, 1.165) is 11.1 Å². The number of benzene rings is 2. The summed E-state index contributed by atoms with van der Waals surface area (Å²) in [6.07, 6.45) is 1.24. The van der Waals surface area contributed by atoms with Gasteiger partial charge in [0.1, 0.15) is 18.4 Å². The van der Waals surface area contributed by atoms with Crippen LogP contribution in [0.5, 0.6) is 17.2 Å². The average Bonchev–Trinajstić information content (AvgIpc) is 3.09. The first kappa shape index (κ1) is 19.8. The van der Waals surface area contributed by atoms with Crippen LogP contribution in [0.1, 0.15) is 34.3 Å². The van der Waals surface area contributed by atoms with Gasteiger partial charge in [0.2, 0.25) is 5.91 Å². The van der Waals surface area contributed by atoms with Crippen molar-refractivity contribution in [2.24, 2.45) is 0 Å². The van der Waals surface area contributed by atoms with Crippen LogP contribution in [0.3, 0.4) is 0 Å². The van der Waals surface area contributed by atoms with Gasteiger partial charge in [-0.1, -0.05) is 18.7 Å². The minimum Gasteiger partial charge on any atom is -0.493 e.